The van der Waals surface area contributed by atoms with Crippen molar-refractivity contribution >= 4 is 5.91 Å². The first kappa shape index (κ1) is 14.0. The van der Waals surface area contributed by atoms with Crippen LogP contribution in [0.4, 0.5) is 30.7 Å². The van der Waals surface area contributed by atoms with Gasteiger partial charge >= 0.3 is 23.9 Å². The summed E-state index contributed by atoms with van der Waals surface area (Å²) in [7, 11) is 0. The second kappa shape index (κ2) is 4.00. The van der Waals surface area contributed by atoms with Crippen molar-refractivity contribution in [3.05, 3.63) is 0 Å². The third kappa shape index (κ3) is 2.17. The Morgan fingerprint density at radius 2 is 1.59 bits per heavy atom. The van der Waals surface area contributed by atoms with E-state index in [1.165, 1.54) is 0 Å². The molecule has 0 saturated carbocycles. The zero-order chi connectivity index (χ0) is 13.5. The summed E-state index contributed by atoms with van der Waals surface area (Å²) in [5.74, 6) is -14.7. The fraction of sp³-hybridized carbons (Fsp3) is 0.857. The number of nitrogens with one attached hydrogen (secondary N) is 1. The van der Waals surface area contributed by atoms with Gasteiger partial charge in [0.15, 0.2) is 0 Å². The van der Waals surface area contributed by atoms with E-state index in [9.17, 15) is 35.5 Å². The Bertz CT molecular complexity index is 308. The predicted octanol–water partition coefficient (Wildman–Crippen LogP) is 1.21. The lowest BCUT2D eigenvalue weighted by molar-refractivity contribution is -0.345. The van der Waals surface area contributed by atoms with E-state index in [4.69, 9.17) is 0 Å². The molecule has 100 valence electrons. The average Bonchev–Trinajstić information content (AvgIpc) is 2.66. The molecule has 1 saturated heterocycles. The Balaban J connectivity index is 2.97. The second-order valence-corrected chi connectivity index (χ2v) is 3.37. The summed E-state index contributed by atoms with van der Waals surface area (Å²) in [4.78, 5) is 11.1. The van der Waals surface area contributed by atoms with Crippen LogP contribution >= 0.6 is 0 Å². The van der Waals surface area contributed by atoms with Gasteiger partial charge in [-0.05, 0) is 0 Å². The summed E-state index contributed by atoms with van der Waals surface area (Å²) < 4.78 is 85.9. The van der Waals surface area contributed by atoms with E-state index in [0.717, 1.165) is 0 Å². The summed E-state index contributed by atoms with van der Waals surface area (Å²) in [5, 5.41) is 2.36. The molecule has 1 heterocycles. The van der Waals surface area contributed by atoms with Gasteiger partial charge in [0, 0.05) is 13.1 Å². The van der Waals surface area contributed by atoms with Gasteiger partial charge in [-0.1, -0.05) is 0 Å². The lowest BCUT2D eigenvalue weighted by atomic mass is 10.1. The standard InChI is InChI=1S/C7H7F7N2O/c8-5(9,6(10,11)7(12,13)14)4(17)16-2-1-15-3-16/h15H,1-3H2. The molecule has 0 atom stereocenters. The lowest BCUT2D eigenvalue weighted by Crippen LogP contribution is -2.59. The van der Waals surface area contributed by atoms with E-state index in [-0.39, 0.29) is 18.0 Å². The van der Waals surface area contributed by atoms with Gasteiger partial charge in [0.05, 0.1) is 6.67 Å². The van der Waals surface area contributed by atoms with Crippen LogP contribution in [0, 0.1) is 0 Å². The van der Waals surface area contributed by atoms with E-state index in [0.29, 0.717) is 0 Å². The summed E-state index contributed by atoms with van der Waals surface area (Å²) in [5.41, 5.74) is 0. The zero-order valence-electron chi connectivity index (χ0n) is 8.12. The maximum Gasteiger partial charge on any atom is 0.460 e. The normalized spacial score (nSPS) is 18.6. The van der Waals surface area contributed by atoms with Crippen molar-refractivity contribution in [3.63, 3.8) is 0 Å². The summed E-state index contributed by atoms with van der Waals surface area (Å²) >= 11 is 0. The molecule has 1 aliphatic heterocycles. The maximum absolute atomic E-state index is 12.9. The minimum Gasteiger partial charge on any atom is -0.323 e. The van der Waals surface area contributed by atoms with Crippen molar-refractivity contribution < 1.29 is 35.5 Å². The molecular formula is C7H7F7N2O. The van der Waals surface area contributed by atoms with Gasteiger partial charge in [-0.15, -0.1) is 0 Å². The van der Waals surface area contributed by atoms with Gasteiger partial charge in [0.1, 0.15) is 0 Å². The number of carbonyl (C=O) groups excluding carboxylic acids is 1. The monoisotopic (exact) mass is 268 g/mol. The lowest BCUT2D eigenvalue weighted by Gasteiger charge is -2.29. The molecule has 0 aromatic heterocycles. The van der Waals surface area contributed by atoms with E-state index in [1.807, 2.05) is 0 Å². The van der Waals surface area contributed by atoms with Gasteiger partial charge in [0.25, 0.3) is 0 Å². The average molecular weight is 268 g/mol. The number of rotatable bonds is 2. The summed E-state index contributed by atoms with van der Waals surface area (Å²) in [6, 6.07) is 0. The molecule has 0 radical (unpaired) electrons. The molecule has 1 rings (SSSR count). The molecular weight excluding hydrogens is 261 g/mol. The second-order valence-electron chi connectivity index (χ2n) is 3.37. The van der Waals surface area contributed by atoms with Gasteiger partial charge in [-0.25, -0.2) is 0 Å². The molecule has 0 unspecified atom stereocenters. The molecule has 3 nitrogen and oxygen atoms in total. The van der Waals surface area contributed by atoms with Gasteiger partial charge in [-0.2, -0.15) is 30.7 Å². The van der Waals surface area contributed by atoms with Gasteiger partial charge in [0.2, 0.25) is 0 Å². The van der Waals surface area contributed by atoms with Crippen LogP contribution in [0.5, 0.6) is 0 Å². The van der Waals surface area contributed by atoms with E-state index in [2.05, 4.69) is 5.32 Å². The Labute approximate surface area is 90.6 Å². The molecule has 0 spiro atoms. The van der Waals surface area contributed by atoms with Crippen LogP contribution in [0.3, 0.4) is 0 Å². The molecule has 1 amide bonds. The van der Waals surface area contributed by atoms with E-state index in [1.54, 1.807) is 0 Å². The highest BCUT2D eigenvalue weighted by Crippen LogP contribution is 2.47. The highest BCUT2D eigenvalue weighted by Gasteiger charge is 2.76. The first-order valence-corrected chi connectivity index (χ1v) is 4.34. The van der Waals surface area contributed by atoms with Crippen LogP contribution in [0.1, 0.15) is 0 Å². The van der Waals surface area contributed by atoms with Crippen molar-refractivity contribution in [2.45, 2.75) is 18.0 Å². The van der Waals surface area contributed by atoms with Crippen LogP contribution in [0.25, 0.3) is 0 Å². The minimum absolute atomic E-state index is 0.0550. The first-order valence-electron chi connectivity index (χ1n) is 4.34. The van der Waals surface area contributed by atoms with Crippen molar-refractivity contribution in [2.24, 2.45) is 0 Å². The van der Waals surface area contributed by atoms with Gasteiger partial charge in [-0.3, -0.25) is 10.1 Å². The smallest absolute Gasteiger partial charge is 0.323 e. The third-order valence-corrected chi connectivity index (χ3v) is 2.17. The molecule has 1 N–H and O–H groups in total. The van der Waals surface area contributed by atoms with E-state index >= 15 is 0 Å². The summed E-state index contributed by atoms with van der Waals surface area (Å²) in [6.45, 7) is -0.774. The van der Waals surface area contributed by atoms with Crippen molar-refractivity contribution in [1.82, 2.24) is 10.2 Å². The number of carbonyl (C=O) groups is 1. The van der Waals surface area contributed by atoms with Crippen molar-refractivity contribution in [2.75, 3.05) is 19.8 Å². The Hall–Kier alpha value is -1.06. The molecule has 17 heavy (non-hydrogen) atoms. The maximum atomic E-state index is 12.9. The molecule has 0 aromatic carbocycles. The van der Waals surface area contributed by atoms with E-state index < -0.39 is 30.6 Å². The number of nitrogens with zero attached hydrogens (tertiary/aromatic N) is 1. The molecule has 1 aliphatic rings. The van der Waals surface area contributed by atoms with Crippen LogP contribution in [-0.2, 0) is 4.79 Å². The molecule has 0 bridgehead atoms. The fourth-order valence-electron chi connectivity index (χ4n) is 1.19. The highest BCUT2D eigenvalue weighted by atomic mass is 19.4. The number of amides is 1. The quantitative estimate of drug-likeness (QED) is 0.763. The minimum atomic E-state index is -6.49. The predicted molar refractivity (Wildman–Crippen MR) is 40.5 cm³/mol. The Morgan fingerprint density at radius 3 is 1.94 bits per heavy atom. The summed E-state index contributed by atoms with van der Waals surface area (Å²) in [6.07, 6.45) is -6.49. The zero-order valence-corrected chi connectivity index (χ0v) is 8.12. The molecule has 0 aliphatic carbocycles. The molecule has 10 heteroatoms. The largest absolute Gasteiger partial charge is 0.460 e. The Kier molecular flexibility index (Phi) is 3.29. The topological polar surface area (TPSA) is 32.3 Å². The first-order chi connectivity index (χ1) is 7.52. The van der Waals surface area contributed by atoms with Crippen molar-refractivity contribution in [3.8, 4) is 0 Å². The van der Waals surface area contributed by atoms with Crippen LogP contribution in [-0.4, -0.2) is 48.6 Å². The van der Waals surface area contributed by atoms with Crippen LogP contribution < -0.4 is 5.32 Å². The number of alkyl halides is 7. The third-order valence-electron chi connectivity index (χ3n) is 2.17. The fourth-order valence-corrected chi connectivity index (χ4v) is 1.19. The molecule has 1 fully saturated rings. The van der Waals surface area contributed by atoms with Crippen molar-refractivity contribution in [1.29, 1.82) is 0 Å². The number of halogens is 7. The SMILES string of the molecule is O=C(N1CCNC1)C(F)(F)C(F)(F)C(F)(F)F. The van der Waals surface area contributed by atoms with Crippen LogP contribution in [0.15, 0.2) is 0 Å². The number of hydrogen-bond donors (Lipinski definition) is 1. The molecule has 0 aromatic rings. The van der Waals surface area contributed by atoms with Crippen LogP contribution in [0.2, 0.25) is 0 Å². The Morgan fingerprint density at radius 1 is 1.06 bits per heavy atom. The number of hydrogen-bond acceptors (Lipinski definition) is 2. The highest BCUT2D eigenvalue weighted by molar-refractivity contribution is 5.85. The van der Waals surface area contributed by atoms with Gasteiger partial charge < -0.3 is 4.90 Å².